The minimum atomic E-state index is -3.09. The van der Waals surface area contributed by atoms with Crippen molar-refractivity contribution in [2.45, 2.75) is 31.3 Å². The zero-order chi connectivity index (χ0) is 18.7. The number of carbonyl (C=O) groups is 3. The van der Waals surface area contributed by atoms with Gasteiger partial charge in [0.2, 0.25) is 5.91 Å². The molecule has 0 aliphatic carbocycles. The molecule has 2 aliphatic heterocycles. The minimum Gasteiger partial charge on any atom is -0.352 e. The van der Waals surface area contributed by atoms with Crippen LogP contribution in [0.1, 0.15) is 18.4 Å². The highest BCUT2D eigenvalue weighted by Crippen LogP contribution is 2.14. The largest absolute Gasteiger partial charge is 0.352 e. The van der Waals surface area contributed by atoms with Crippen LogP contribution in [0.3, 0.4) is 0 Å². The summed E-state index contributed by atoms with van der Waals surface area (Å²) in [6, 6.07) is 7.66. The van der Waals surface area contributed by atoms with Crippen molar-refractivity contribution in [1.29, 1.82) is 0 Å². The lowest BCUT2D eigenvalue weighted by molar-refractivity contribution is -0.131. The van der Waals surface area contributed by atoms with Crippen LogP contribution in [0.5, 0.6) is 0 Å². The van der Waals surface area contributed by atoms with Gasteiger partial charge < -0.3 is 10.6 Å². The first kappa shape index (κ1) is 18.4. The van der Waals surface area contributed by atoms with Crippen LogP contribution in [-0.2, 0) is 25.8 Å². The Bertz CT molecular complexity index is 809. The van der Waals surface area contributed by atoms with Crippen LogP contribution in [0.15, 0.2) is 30.3 Å². The fourth-order valence-electron chi connectivity index (χ4n) is 3.19. The van der Waals surface area contributed by atoms with Gasteiger partial charge in [0.15, 0.2) is 9.84 Å². The van der Waals surface area contributed by atoms with Crippen LogP contribution in [0.25, 0.3) is 0 Å². The Labute approximate surface area is 151 Å². The summed E-state index contributed by atoms with van der Waals surface area (Å²) in [6.45, 7) is 0.244. The molecule has 140 valence electrons. The van der Waals surface area contributed by atoms with Crippen LogP contribution in [0.2, 0.25) is 0 Å². The summed E-state index contributed by atoms with van der Waals surface area (Å²) in [5.74, 6) is -0.882. The van der Waals surface area contributed by atoms with E-state index in [0.717, 1.165) is 10.5 Å². The molecule has 8 nitrogen and oxygen atoms in total. The number of nitrogens with one attached hydrogen (secondary N) is 2. The summed E-state index contributed by atoms with van der Waals surface area (Å²) in [5, 5.41) is 5.15. The normalized spacial score (nSPS) is 24.5. The van der Waals surface area contributed by atoms with E-state index in [0.29, 0.717) is 12.8 Å². The number of carbonyl (C=O) groups excluding carboxylic acids is 3. The number of hydrogen-bond acceptors (Lipinski definition) is 5. The van der Waals surface area contributed by atoms with Gasteiger partial charge in [-0.25, -0.2) is 13.2 Å². The van der Waals surface area contributed by atoms with Crippen molar-refractivity contribution in [3.05, 3.63) is 35.9 Å². The number of imide groups is 1. The fraction of sp³-hybridized carbons (Fsp3) is 0.471. The Balaban J connectivity index is 1.51. The second-order valence-electron chi connectivity index (χ2n) is 6.60. The first-order chi connectivity index (χ1) is 12.3. The summed E-state index contributed by atoms with van der Waals surface area (Å²) in [5.41, 5.74) is 1.01. The monoisotopic (exact) mass is 379 g/mol. The SMILES string of the molecule is O=C(C[C@@H]1NC(=O)N(CCc2ccccc2)C1=O)NC1CCS(=O)(=O)C1. The molecule has 4 amide bonds. The molecule has 2 saturated heterocycles. The first-order valence-corrected chi connectivity index (χ1v) is 10.3. The minimum absolute atomic E-state index is 0.0598. The van der Waals surface area contributed by atoms with E-state index in [1.54, 1.807) is 0 Å². The van der Waals surface area contributed by atoms with Crippen molar-refractivity contribution in [3.8, 4) is 0 Å². The van der Waals surface area contributed by atoms with Gasteiger partial charge in [0.25, 0.3) is 5.91 Å². The molecule has 0 radical (unpaired) electrons. The maximum atomic E-state index is 12.4. The lowest BCUT2D eigenvalue weighted by Crippen LogP contribution is -2.41. The Morgan fingerprint density at radius 1 is 1.23 bits per heavy atom. The third kappa shape index (κ3) is 4.40. The number of urea groups is 1. The van der Waals surface area contributed by atoms with Gasteiger partial charge in [0, 0.05) is 12.6 Å². The van der Waals surface area contributed by atoms with Crippen molar-refractivity contribution < 1.29 is 22.8 Å². The molecule has 0 bridgehead atoms. The Morgan fingerprint density at radius 2 is 1.96 bits per heavy atom. The first-order valence-electron chi connectivity index (χ1n) is 8.50. The van der Waals surface area contributed by atoms with Gasteiger partial charge in [0.1, 0.15) is 6.04 Å². The van der Waals surface area contributed by atoms with Crippen LogP contribution < -0.4 is 10.6 Å². The number of amides is 4. The van der Waals surface area contributed by atoms with E-state index in [1.165, 1.54) is 0 Å². The Kier molecular flexibility index (Phi) is 5.26. The Morgan fingerprint density at radius 3 is 2.62 bits per heavy atom. The summed E-state index contributed by atoms with van der Waals surface area (Å²) >= 11 is 0. The summed E-state index contributed by atoms with van der Waals surface area (Å²) < 4.78 is 22.8. The summed E-state index contributed by atoms with van der Waals surface area (Å²) in [4.78, 5) is 37.6. The van der Waals surface area contributed by atoms with Crippen LogP contribution in [0, 0.1) is 0 Å². The molecule has 2 N–H and O–H groups in total. The highest BCUT2D eigenvalue weighted by Gasteiger charge is 2.39. The molecule has 2 aliphatic rings. The molecule has 26 heavy (non-hydrogen) atoms. The number of nitrogens with zero attached hydrogens (tertiary/aromatic N) is 1. The molecular weight excluding hydrogens is 358 g/mol. The maximum Gasteiger partial charge on any atom is 0.324 e. The molecule has 0 aromatic heterocycles. The van der Waals surface area contributed by atoms with Gasteiger partial charge in [-0.05, 0) is 18.4 Å². The standard InChI is InChI=1S/C17H21N3O5S/c21-15(18-13-7-9-26(24,25)11-13)10-14-16(22)20(17(23)19-14)8-6-12-4-2-1-3-5-12/h1-5,13-14H,6-11H2,(H,18,21)(H,19,23)/t13?,14-/m0/s1. The molecule has 0 spiro atoms. The van der Waals surface area contributed by atoms with E-state index in [1.807, 2.05) is 30.3 Å². The van der Waals surface area contributed by atoms with Crippen molar-refractivity contribution in [1.82, 2.24) is 15.5 Å². The number of benzene rings is 1. The molecule has 2 atom stereocenters. The highest BCUT2D eigenvalue weighted by atomic mass is 32.2. The van der Waals surface area contributed by atoms with E-state index in [9.17, 15) is 22.8 Å². The van der Waals surface area contributed by atoms with E-state index >= 15 is 0 Å². The second-order valence-corrected chi connectivity index (χ2v) is 8.83. The predicted octanol–water partition coefficient (Wildman–Crippen LogP) is -0.157. The van der Waals surface area contributed by atoms with Gasteiger partial charge in [0.05, 0.1) is 17.9 Å². The average Bonchev–Trinajstić information content (AvgIpc) is 3.05. The lowest BCUT2D eigenvalue weighted by Gasteiger charge is -2.14. The molecule has 1 unspecified atom stereocenters. The van der Waals surface area contributed by atoms with Gasteiger partial charge in [-0.15, -0.1) is 0 Å². The number of rotatable bonds is 6. The topological polar surface area (TPSA) is 113 Å². The quantitative estimate of drug-likeness (QED) is 0.667. The van der Waals surface area contributed by atoms with Crippen molar-refractivity contribution in [2.75, 3.05) is 18.1 Å². The lowest BCUT2D eigenvalue weighted by atomic mass is 10.1. The van der Waals surface area contributed by atoms with Crippen molar-refractivity contribution in [3.63, 3.8) is 0 Å². The molecule has 0 saturated carbocycles. The summed E-state index contributed by atoms with van der Waals surface area (Å²) in [6.07, 6.45) is 0.726. The molecule has 9 heteroatoms. The fourth-order valence-corrected chi connectivity index (χ4v) is 4.87. The molecule has 3 rings (SSSR count). The summed E-state index contributed by atoms with van der Waals surface area (Å²) in [7, 11) is -3.09. The van der Waals surface area contributed by atoms with Gasteiger partial charge in [-0.1, -0.05) is 30.3 Å². The smallest absolute Gasteiger partial charge is 0.324 e. The second kappa shape index (κ2) is 7.45. The maximum absolute atomic E-state index is 12.4. The van der Waals surface area contributed by atoms with Crippen molar-refractivity contribution in [2.24, 2.45) is 0 Å². The van der Waals surface area contributed by atoms with Gasteiger partial charge in [-0.3, -0.25) is 14.5 Å². The highest BCUT2D eigenvalue weighted by molar-refractivity contribution is 7.91. The van der Waals surface area contributed by atoms with E-state index < -0.39 is 39.8 Å². The number of sulfone groups is 1. The zero-order valence-corrected chi connectivity index (χ0v) is 15.0. The van der Waals surface area contributed by atoms with Crippen LogP contribution in [0.4, 0.5) is 4.79 Å². The third-order valence-electron chi connectivity index (χ3n) is 4.56. The molecule has 1 aromatic rings. The van der Waals surface area contributed by atoms with E-state index in [4.69, 9.17) is 0 Å². The van der Waals surface area contributed by atoms with Crippen molar-refractivity contribution >= 4 is 27.7 Å². The van der Waals surface area contributed by atoms with Gasteiger partial charge >= 0.3 is 6.03 Å². The molecule has 2 heterocycles. The van der Waals surface area contributed by atoms with Gasteiger partial charge in [-0.2, -0.15) is 0 Å². The van der Waals surface area contributed by atoms with Crippen LogP contribution in [-0.4, -0.2) is 61.3 Å². The molecule has 2 fully saturated rings. The van der Waals surface area contributed by atoms with Crippen LogP contribution >= 0.6 is 0 Å². The van der Waals surface area contributed by atoms with E-state index in [-0.39, 0.29) is 24.5 Å². The Hall–Kier alpha value is -2.42. The number of hydrogen-bond donors (Lipinski definition) is 2. The third-order valence-corrected chi connectivity index (χ3v) is 6.33. The van der Waals surface area contributed by atoms with E-state index in [2.05, 4.69) is 10.6 Å². The molecular formula is C17H21N3O5S. The molecule has 1 aromatic carbocycles. The zero-order valence-electron chi connectivity index (χ0n) is 14.2. The average molecular weight is 379 g/mol. The predicted molar refractivity (Wildman–Crippen MR) is 94.0 cm³/mol.